The number of allylic oxidation sites excluding steroid dienone is 5. The van der Waals surface area contributed by atoms with E-state index >= 15 is 0 Å². The Balaban J connectivity index is 2.25. The third-order valence-corrected chi connectivity index (χ3v) is 4.94. The Morgan fingerprint density at radius 2 is 1.96 bits per heavy atom. The molecule has 3 atom stereocenters. The third kappa shape index (κ3) is 4.30. The van der Waals surface area contributed by atoms with Gasteiger partial charge in [0.05, 0.1) is 11.7 Å². The van der Waals surface area contributed by atoms with Crippen molar-refractivity contribution in [1.82, 2.24) is 0 Å². The Labute approximate surface area is 163 Å². The van der Waals surface area contributed by atoms with Gasteiger partial charge in [-0.25, -0.2) is 4.79 Å². The predicted octanol–water partition coefficient (Wildman–Crippen LogP) is 2.88. The second-order valence-corrected chi connectivity index (χ2v) is 7.25. The van der Waals surface area contributed by atoms with Crippen LogP contribution in [0.4, 0.5) is 0 Å². The molecule has 2 rings (SSSR count). The molecule has 0 fully saturated rings. The van der Waals surface area contributed by atoms with E-state index in [0.717, 1.165) is 18.8 Å². The second kappa shape index (κ2) is 8.37. The summed E-state index contributed by atoms with van der Waals surface area (Å²) in [6.07, 6.45) is 6.90. The van der Waals surface area contributed by atoms with Crippen LogP contribution < -0.4 is 0 Å². The van der Waals surface area contributed by atoms with Crippen LogP contribution in [-0.2, 0) is 28.7 Å². The lowest BCUT2D eigenvalue weighted by atomic mass is 9.71. The third-order valence-electron chi connectivity index (χ3n) is 4.94. The summed E-state index contributed by atoms with van der Waals surface area (Å²) in [6, 6.07) is 0. The van der Waals surface area contributed by atoms with Gasteiger partial charge in [-0.2, -0.15) is 0 Å². The molecule has 0 unspecified atom stereocenters. The molecule has 2 aliphatic rings. The van der Waals surface area contributed by atoms with Gasteiger partial charge in [-0.05, 0) is 50.0 Å². The normalized spacial score (nSPS) is 23.8. The molecular formula is C21H24O7. The van der Waals surface area contributed by atoms with Gasteiger partial charge in [0.25, 0.3) is 0 Å². The number of carboxylic acids is 1. The van der Waals surface area contributed by atoms with E-state index in [0.29, 0.717) is 12.3 Å². The summed E-state index contributed by atoms with van der Waals surface area (Å²) in [5.41, 5.74) is -1.63. The van der Waals surface area contributed by atoms with Crippen molar-refractivity contribution < 1.29 is 33.8 Å². The van der Waals surface area contributed by atoms with Crippen molar-refractivity contribution in [2.75, 3.05) is 0 Å². The smallest absolute Gasteiger partial charge is 0.328 e. The Kier molecular flexibility index (Phi) is 6.38. The zero-order valence-electron chi connectivity index (χ0n) is 16.4. The van der Waals surface area contributed by atoms with E-state index in [1.807, 2.05) is 13.8 Å². The summed E-state index contributed by atoms with van der Waals surface area (Å²) >= 11 is 0. The van der Waals surface area contributed by atoms with Gasteiger partial charge in [-0.1, -0.05) is 20.3 Å². The number of fused-ring (bicyclic) bond motifs is 1. The molecule has 0 amide bonds. The summed E-state index contributed by atoms with van der Waals surface area (Å²) in [6.45, 7) is 7.06. The van der Waals surface area contributed by atoms with Gasteiger partial charge in [0.2, 0.25) is 0 Å². The van der Waals surface area contributed by atoms with E-state index in [9.17, 15) is 19.2 Å². The molecule has 1 N–H and O–H groups in total. The molecular weight excluding hydrogens is 364 g/mol. The van der Waals surface area contributed by atoms with Crippen molar-refractivity contribution in [3.63, 3.8) is 0 Å². The van der Waals surface area contributed by atoms with Crippen molar-refractivity contribution in [2.24, 2.45) is 11.3 Å². The van der Waals surface area contributed by atoms with Crippen LogP contribution in [0.1, 0.15) is 40.5 Å². The molecule has 1 aliphatic heterocycles. The van der Waals surface area contributed by atoms with Crippen LogP contribution in [0.3, 0.4) is 0 Å². The number of hydrogen-bond donors (Lipinski definition) is 1. The molecule has 0 aromatic heterocycles. The van der Waals surface area contributed by atoms with Gasteiger partial charge < -0.3 is 14.6 Å². The largest absolute Gasteiger partial charge is 0.478 e. The van der Waals surface area contributed by atoms with Crippen molar-refractivity contribution in [2.45, 2.75) is 46.6 Å². The predicted molar refractivity (Wildman–Crippen MR) is 99.9 cm³/mol. The summed E-state index contributed by atoms with van der Waals surface area (Å²) < 4.78 is 10.7. The zero-order valence-corrected chi connectivity index (χ0v) is 16.4. The highest BCUT2D eigenvalue weighted by Crippen LogP contribution is 2.37. The lowest BCUT2D eigenvalue weighted by Gasteiger charge is -2.31. The molecule has 0 spiro atoms. The lowest BCUT2D eigenvalue weighted by Crippen LogP contribution is -2.48. The molecule has 28 heavy (non-hydrogen) atoms. The number of carbonyl (C=O) groups excluding carboxylic acids is 3. The monoisotopic (exact) mass is 388 g/mol. The topological polar surface area (TPSA) is 107 Å². The van der Waals surface area contributed by atoms with Gasteiger partial charge in [0, 0.05) is 6.08 Å². The number of rotatable bonds is 7. The van der Waals surface area contributed by atoms with E-state index < -0.39 is 35.0 Å². The Hall–Kier alpha value is -2.96. The van der Waals surface area contributed by atoms with E-state index in [4.69, 9.17) is 14.6 Å². The standard InChI is InChI=1S/C21H24O7/c1-5-12(2)8-13(3)28-20(26)21(4)17(22)10-14-9-15(6-7-18(23)24)27-11-16(14)19(21)25/h6-7,9-13H,5,8H2,1-4H3,(H,23,24)/b7-6+/t12-,13-,21+/m0/s1. The van der Waals surface area contributed by atoms with E-state index in [1.165, 1.54) is 25.2 Å². The van der Waals surface area contributed by atoms with E-state index in [-0.39, 0.29) is 16.9 Å². The van der Waals surface area contributed by atoms with Crippen LogP contribution >= 0.6 is 0 Å². The molecule has 0 saturated heterocycles. The fourth-order valence-corrected chi connectivity index (χ4v) is 2.95. The maximum Gasteiger partial charge on any atom is 0.328 e. The highest BCUT2D eigenvalue weighted by atomic mass is 16.5. The van der Waals surface area contributed by atoms with E-state index in [1.54, 1.807) is 6.92 Å². The SMILES string of the molecule is CC[C@H](C)C[C@H](C)OC(=O)[C@]1(C)C(=O)C=C2C=C(/C=C/C(=O)O)OC=C2C1=O. The molecule has 7 heteroatoms. The molecule has 0 bridgehead atoms. The number of carboxylic acid groups (broad SMARTS) is 1. The molecule has 0 aromatic carbocycles. The second-order valence-electron chi connectivity index (χ2n) is 7.25. The summed E-state index contributed by atoms with van der Waals surface area (Å²) in [4.78, 5) is 48.8. The summed E-state index contributed by atoms with van der Waals surface area (Å²) in [5, 5.41) is 8.67. The molecule has 1 heterocycles. The number of aliphatic carboxylic acids is 1. The van der Waals surface area contributed by atoms with Crippen LogP contribution in [0.2, 0.25) is 0 Å². The molecule has 7 nitrogen and oxygen atoms in total. The number of carbonyl (C=O) groups is 4. The minimum Gasteiger partial charge on any atom is -0.478 e. The van der Waals surface area contributed by atoms with Crippen LogP contribution in [0, 0.1) is 11.3 Å². The van der Waals surface area contributed by atoms with Crippen molar-refractivity contribution in [3.05, 3.63) is 47.5 Å². The molecule has 0 aromatic rings. The van der Waals surface area contributed by atoms with Crippen LogP contribution in [-0.4, -0.2) is 34.7 Å². The average molecular weight is 388 g/mol. The fraction of sp³-hybridized carbons (Fsp3) is 0.429. The maximum absolute atomic E-state index is 12.9. The van der Waals surface area contributed by atoms with Crippen molar-refractivity contribution in [1.29, 1.82) is 0 Å². The molecule has 1 aliphatic carbocycles. The number of hydrogen-bond acceptors (Lipinski definition) is 6. The number of ether oxygens (including phenoxy) is 2. The molecule has 150 valence electrons. The average Bonchev–Trinajstić information content (AvgIpc) is 2.63. The first-order valence-corrected chi connectivity index (χ1v) is 9.11. The first kappa shape index (κ1) is 21.3. The highest BCUT2D eigenvalue weighted by molar-refractivity contribution is 6.33. The van der Waals surface area contributed by atoms with Gasteiger partial charge in [0.1, 0.15) is 12.0 Å². The van der Waals surface area contributed by atoms with Crippen LogP contribution in [0.25, 0.3) is 0 Å². The summed E-state index contributed by atoms with van der Waals surface area (Å²) in [7, 11) is 0. The quantitative estimate of drug-likeness (QED) is 0.406. The first-order valence-electron chi connectivity index (χ1n) is 9.11. The van der Waals surface area contributed by atoms with Crippen molar-refractivity contribution in [3.8, 4) is 0 Å². The molecule has 0 radical (unpaired) electrons. The Bertz CT molecular complexity index is 828. The number of Topliss-reactive ketones (excluding diaryl/α,β-unsaturated/α-hetero) is 1. The minimum atomic E-state index is -1.97. The van der Waals surface area contributed by atoms with Gasteiger partial charge in [-0.15, -0.1) is 0 Å². The number of ketones is 2. The van der Waals surface area contributed by atoms with Crippen LogP contribution in [0.5, 0.6) is 0 Å². The van der Waals surface area contributed by atoms with Gasteiger partial charge in [0.15, 0.2) is 17.0 Å². The Morgan fingerprint density at radius 3 is 2.57 bits per heavy atom. The zero-order chi connectivity index (χ0) is 21.1. The summed E-state index contributed by atoms with van der Waals surface area (Å²) in [5.74, 6) is -2.91. The molecule has 0 saturated carbocycles. The van der Waals surface area contributed by atoms with Gasteiger partial charge in [-0.3, -0.25) is 14.4 Å². The fourth-order valence-electron chi connectivity index (χ4n) is 2.95. The maximum atomic E-state index is 12.9. The highest BCUT2D eigenvalue weighted by Gasteiger charge is 2.53. The number of esters is 1. The van der Waals surface area contributed by atoms with Crippen LogP contribution in [0.15, 0.2) is 47.5 Å². The Morgan fingerprint density at radius 1 is 1.29 bits per heavy atom. The van der Waals surface area contributed by atoms with Crippen molar-refractivity contribution >= 4 is 23.5 Å². The van der Waals surface area contributed by atoms with Gasteiger partial charge >= 0.3 is 11.9 Å². The van der Waals surface area contributed by atoms with E-state index in [2.05, 4.69) is 0 Å². The minimum absolute atomic E-state index is 0.0705. The first-order chi connectivity index (χ1) is 13.1. The lowest BCUT2D eigenvalue weighted by molar-refractivity contribution is -0.165.